The first-order valence-corrected chi connectivity index (χ1v) is 9.44. The molecule has 4 rings (SSSR count). The summed E-state index contributed by atoms with van der Waals surface area (Å²) < 4.78 is 0. The summed E-state index contributed by atoms with van der Waals surface area (Å²) in [5, 5.41) is 11.6. The molecule has 0 bridgehead atoms. The molecule has 4 fully saturated rings. The molecule has 4 saturated carbocycles. The zero-order valence-electron chi connectivity index (χ0n) is 14.8. The highest BCUT2D eigenvalue weighted by Crippen LogP contribution is 2.69. The van der Waals surface area contributed by atoms with E-state index >= 15 is 0 Å². The largest absolute Gasteiger partial charge is 0.389 e. The molecule has 0 unspecified atom stereocenters. The molecule has 0 radical (unpaired) electrons. The van der Waals surface area contributed by atoms with E-state index in [9.17, 15) is 14.7 Å². The van der Waals surface area contributed by atoms with Crippen molar-refractivity contribution in [2.45, 2.75) is 84.2 Å². The second-order valence-corrected chi connectivity index (χ2v) is 9.66. The third kappa shape index (κ3) is 1.70. The topological polar surface area (TPSA) is 54.4 Å². The van der Waals surface area contributed by atoms with Gasteiger partial charge in [0, 0.05) is 19.3 Å². The van der Waals surface area contributed by atoms with Crippen LogP contribution in [0.15, 0.2) is 0 Å². The van der Waals surface area contributed by atoms with Crippen molar-refractivity contribution >= 4 is 11.6 Å². The van der Waals surface area contributed by atoms with E-state index in [1.165, 1.54) is 0 Å². The van der Waals surface area contributed by atoms with Gasteiger partial charge in [0.1, 0.15) is 11.6 Å². The summed E-state index contributed by atoms with van der Waals surface area (Å²) in [6.45, 7) is 6.69. The van der Waals surface area contributed by atoms with E-state index in [0.717, 1.165) is 32.1 Å². The number of rotatable bonds is 0. The Bertz CT molecular complexity index is 583. The molecule has 23 heavy (non-hydrogen) atoms. The zero-order chi connectivity index (χ0) is 16.7. The molecular weight excluding hydrogens is 288 g/mol. The third-order valence-electron chi connectivity index (χ3n) is 9.07. The van der Waals surface area contributed by atoms with Gasteiger partial charge in [-0.3, -0.25) is 9.59 Å². The maximum atomic E-state index is 12.5. The molecule has 0 heterocycles. The van der Waals surface area contributed by atoms with Crippen molar-refractivity contribution in [3.8, 4) is 0 Å². The van der Waals surface area contributed by atoms with Crippen LogP contribution in [0.5, 0.6) is 0 Å². The molecule has 0 spiro atoms. The lowest BCUT2D eigenvalue weighted by Crippen LogP contribution is -2.64. The SMILES string of the molecule is C[C@@]12CC[C@@H]3[C@H](CC[C@@]4(C)C(=O)CC[C@@]34O)[C@]1(C)CCC(=O)C2. The Morgan fingerprint density at radius 3 is 2.35 bits per heavy atom. The first-order valence-electron chi connectivity index (χ1n) is 9.44. The number of aliphatic hydroxyl groups is 1. The van der Waals surface area contributed by atoms with Gasteiger partial charge in [-0.05, 0) is 68.1 Å². The predicted molar refractivity (Wildman–Crippen MR) is 87.8 cm³/mol. The maximum Gasteiger partial charge on any atom is 0.141 e. The summed E-state index contributed by atoms with van der Waals surface area (Å²) in [7, 11) is 0. The van der Waals surface area contributed by atoms with Crippen LogP contribution in [0, 0.1) is 28.1 Å². The molecule has 4 aliphatic rings. The van der Waals surface area contributed by atoms with Crippen LogP contribution in [0.25, 0.3) is 0 Å². The molecule has 1 N–H and O–H groups in total. The van der Waals surface area contributed by atoms with Crippen molar-refractivity contribution in [1.82, 2.24) is 0 Å². The van der Waals surface area contributed by atoms with Crippen LogP contribution in [0.3, 0.4) is 0 Å². The van der Waals surface area contributed by atoms with Crippen molar-refractivity contribution in [2.24, 2.45) is 28.1 Å². The number of carbonyl (C=O) groups is 2. The average molecular weight is 318 g/mol. The number of ketones is 2. The number of fused-ring (bicyclic) bond motifs is 5. The third-order valence-corrected chi connectivity index (χ3v) is 9.07. The monoisotopic (exact) mass is 318 g/mol. The Balaban J connectivity index is 1.75. The van der Waals surface area contributed by atoms with Crippen molar-refractivity contribution in [2.75, 3.05) is 0 Å². The highest BCUT2D eigenvalue weighted by molar-refractivity contribution is 5.88. The quantitative estimate of drug-likeness (QED) is 0.741. The van der Waals surface area contributed by atoms with E-state index in [1.807, 2.05) is 6.92 Å². The Kier molecular flexibility index (Phi) is 3.07. The minimum Gasteiger partial charge on any atom is -0.389 e. The Morgan fingerprint density at radius 1 is 0.913 bits per heavy atom. The summed E-state index contributed by atoms with van der Waals surface area (Å²) >= 11 is 0. The second kappa shape index (κ2) is 4.47. The summed E-state index contributed by atoms with van der Waals surface area (Å²) in [4.78, 5) is 24.5. The number of carbonyl (C=O) groups excluding carboxylic acids is 2. The van der Waals surface area contributed by atoms with Crippen LogP contribution >= 0.6 is 0 Å². The van der Waals surface area contributed by atoms with Crippen LogP contribution < -0.4 is 0 Å². The van der Waals surface area contributed by atoms with Gasteiger partial charge in [0.25, 0.3) is 0 Å². The van der Waals surface area contributed by atoms with Crippen LogP contribution in [0.1, 0.15) is 78.6 Å². The van der Waals surface area contributed by atoms with Gasteiger partial charge in [0.15, 0.2) is 0 Å². The smallest absolute Gasteiger partial charge is 0.141 e. The highest BCUT2D eigenvalue weighted by Gasteiger charge is 2.69. The van der Waals surface area contributed by atoms with Crippen LogP contribution in [-0.2, 0) is 9.59 Å². The van der Waals surface area contributed by atoms with Crippen molar-refractivity contribution in [3.05, 3.63) is 0 Å². The van der Waals surface area contributed by atoms with E-state index < -0.39 is 11.0 Å². The van der Waals surface area contributed by atoms with E-state index in [4.69, 9.17) is 0 Å². The summed E-state index contributed by atoms with van der Waals surface area (Å²) in [6, 6.07) is 0. The van der Waals surface area contributed by atoms with Crippen molar-refractivity contribution < 1.29 is 14.7 Å². The minimum absolute atomic E-state index is 0.0796. The molecule has 0 saturated heterocycles. The molecule has 0 aliphatic heterocycles. The molecular formula is C20H30O3. The Labute approximate surface area is 139 Å². The first kappa shape index (κ1) is 15.8. The van der Waals surface area contributed by atoms with Gasteiger partial charge in [0.2, 0.25) is 0 Å². The molecule has 3 nitrogen and oxygen atoms in total. The van der Waals surface area contributed by atoms with E-state index in [0.29, 0.717) is 37.4 Å². The lowest BCUT2D eigenvalue weighted by molar-refractivity contribution is -0.214. The van der Waals surface area contributed by atoms with E-state index in [-0.39, 0.29) is 22.5 Å². The molecule has 6 atom stereocenters. The van der Waals surface area contributed by atoms with E-state index in [1.54, 1.807) is 0 Å². The molecule has 128 valence electrons. The second-order valence-electron chi connectivity index (χ2n) is 9.66. The average Bonchev–Trinajstić information content (AvgIpc) is 2.73. The highest BCUT2D eigenvalue weighted by atomic mass is 16.3. The van der Waals surface area contributed by atoms with Gasteiger partial charge in [0.05, 0.1) is 11.0 Å². The Morgan fingerprint density at radius 2 is 1.61 bits per heavy atom. The predicted octanol–water partition coefficient (Wildman–Crippen LogP) is 3.67. The fourth-order valence-electron chi connectivity index (χ4n) is 7.14. The number of hydrogen-bond acceptors (Lipinski definition) is 3. The maximum absolute atomic E-state index is 12.5. The van der Waals surface area contributed by atoms with Gasteiger partial charge in [-0.2, -0.15) is 0 Å². The summed E-state index contributed by atoms with van der Waals surface area (Å²) in [5.41, 5.74) is -1.12. The summed E-state index contributed by atoms with van der Waals surface area (Å²) in [5.74, 6) is 1.38. The van der Waals surface area contributed by atoms with E-state index in [2.05, 4.69) is 13.8 Å². The molecule has 3 heteroatoms. The van der Waals surface area contributed by atoms with Crippen molar-refractivity contribution in [3.63, 3.8) is 0 Å². The molecule has 0 aromatic rings. The van der Waals surface area contributed by atoms with Gasteiger partial charge < -0.3 is 5.11 Å². The standard InChI is InChI=1S/C20H30O3/c1-17-8-5-15-14(18(17,2)9-4-13(21)12-17)6-10-19(3)16(22)7-11-20(15,19)23/h14-15,23H,4-12H2,1-3H3/t14-,15+,17-,18-,19-,20+/m0/s1. The van der Waals surface area contributed by atoms with Gasteiger partial charge in [-0.25, -0.2) is 0 Å². The van der Waals surface area contributed by atoms with Gasteiger partial charge in [-0.1, -0.05) is 13.8 Å². The van der Waals surface area contributed by atoms with Crippen LogP contribution in [0.2, 0.25) is 0 Å². The summed E-state index contributed by atoms with van der Waals surface area (Å²) in [6.07, 6.45) is 7.42. The Hall–Kier alpha value is -0.700. The van der Waals surface area contributed by atoms with Crippen LogP contribution in [-0.4, -0.2) is 22.3 Å². The molecule has 4 aliphatic carbocycles. The fourth-order valence-corrected chi connectivity index (χ4v) is 7.14. The lowest BCUT2D eigenvalue weighted by atomic mass is 9.40. The molecule has 0 aromatic carbocycles. The first-order chi connectivity index (χ1) is 10.7. The zero-order valence-corrected chi connectivity index (χ0v) is 14.8. The lowest BCUT2D eigenvalue weighted by Gasteiger charge is -2.65. The number of Topliss-reactive ketones (excluding diaryl/α,β-unsaturated/α-hetero) is 2. The van der Waals surface area contributed by atoms with Gasteiger partial charge >= 0.3 is 0 Å². The van der Waals surface area contributed by atoms with Crippen molar-refractivity contribution in [1.29, 1.82) is 0 Å². The van der Waals surface area contributed by atoms with Crippen LogP contribution in [0.4, 0.5) is 0 Å². The molecule has 0 aromatic heterocycles. The fraction of sp³-hybridized carbons (Fsp3) is 0.900. The molecule has 0 amide bonds. The normalized spacial score (nSPS) is 56.0. The van der Waals surface area contributed by atoms with Gasteiger partial charge in [-0.15, -0.1) is 0 Å². The minimum atomic E-state index is -0.807. The number of hydrogen-bond donors (Lipinski definition) is 1.